The third-order valence-electron chi connectivity index (χ3n) is 2.41. The van der Waals surface area contributed by atoms with Crippen LogP contribution in [0.1, 0.15) is 12.8 Å². The van der Waals surface area contributed by atoms with Crippen LogP contribution in [0.25, 0.3) is 0 Å². The molecule has 2 atom stereocenters. The van der Waals surface area contributed by atoms with Crippen molar-refractivity contribution in [2.24, 2.45) is 0 Å². The SMILES string of the molecule is Cl[Si](Cl)(Cl)C12C=CC(CC1)N2. The maximum Gasteiger partial charge on any atom is 0.364 e. The molecular weight excluding hydrogens is 221 g/mol. The van der Waals surface area contributed by atoms with Gasteiger partial charge in [-0.2, -0.15) is 0 Å². The summed E-state index contributed by atoms with van der Waals surface area (Å²) in [4.78, 5) is 0. The van der Waals surface area contributed by atoms with E-state index in [0.717, 1.165) is 12.8 Å². The van der Waals surface area contributed by atoms with Crippen molar-refractivity contribution in [1.29, 1.82) is 0 Å². The maximum atomic E-state index is 5.98. The van der Waals surface area contributed by atoms with Crippen LogP contribution in [0, 0.1) is 0 Å². The van der Waals surface area contributed by atoms with Crippen LogP contribution in [0.5, 0.6) is 0 Å². The van der Waals surface area contributed by atoms with E-state index in [0.29, 0.717) is 6.04 Å². The van der Waals surface area contributed by atoms with Crippen LogP contribution >= 0.6 is 33.2 Å². The van der Waals surface area contributed by atoms with Gasteiger partial charge in [0.15, 0.2) is 0 Å². The van der Waals surface area contributed by atoms with Gasteiger partial charge in [0.05, 0.1) is 5.16 Å². The molecule has 0 radical (unpaired) electrons. The highest BCUT2D eigenvalue weighted by Gasteiger charge is 2.55. The van der Waals surface area contributed by atoms with Crippen LogP contribution in [-0.2, 0) is 0 Å². The summed E-state index contributed by atoms with van der Waals surface area (Å²) >= 11 is 17.9. The van der Waals surface area contributed by atoms with Crippen molar-refractivity contribution in [2.45, 2.75) is 24.0 Å². The smallest absolute Gasteiger partial charge is 0.301 e. The lowest BCUT2D eigenvalue weighted by Crippen LogP contribution is -2.52. The number of fused-ring (bicyclic) bond motifs is 2. The summed E-state index contributed by atoms with van der Waals surface area (Å²) in [7, 11) is 0. The van der Waals surface area contributed by atoms with Crippen molar-refractivity contribution in [2.75, 3.05) is 0 Å². The molecule has 1 N–H and O–H groups in total. The highest BCUT2D eigenvalue weighted by Crippen LogP contribution is 2.44. The first-order valence-electron chi connectivity index (χ1n) is 3.57. The number of halogens is 3. The fourth-order valence-corrected chi connectivity index (χ4v) is 4.70. The van der Waals surface area contributed by atoms with Gasteiger partial charge in [0, 0.05) is 6.04 Å². The fraction of sp³-hybridized carbons (Fsp3) is 0.667. The van der Waals surface area contributed by atoms with Gasteiger partial charge in [0.25, 0.3) is 0 Å². The van der Waals surface area contributed by atoms with Gasteiger partial charge in [-0.05, 0) is 12.8 Å². The molecule has 0 amide bonds. The Morgan fingerprint density at radius 3 is 2.36 bits per heavy atom. The van der Waals surface area contributed by atoms with E-state index in [1.807, 2.05) is 6.08 Å². The molecule has 2 heterocycles. The molecule has 11 heavy (non-hydrogen) atoms. The van der Waals surface area contributed by atoms with Crippen molar-refractivity contribution < 1.29 is 0 Å². The molecule has 0 aromatic heterocycles. The van der Waals surface area contributed by atoms with Crippen molar-refractivity contribution in [3.8, 4) is 0 Å². The minimum Gasteiger partial charge on any atom is -0.301 e. The average molecular weight is 229 g/mol. The molecule has 62 valence electrons. The first-order chi connectivity index (χ1) is 5.04. The van der Waals surface area contributed by atoms with Crippen LogP contribution in [0.15, 0.2) is 12.2 Å². The Hall–Kier alpha value is 0.787. The number of rotatable bonds is 1. The zero-order chi connectivity index (χ0) is 8.11. The standard InChI is InChI=1S/C6H8Cl3NSi/c7-11(8,9)6-3-1-5(10-6)2-4-6/h1,3,5,10H,2,4H2. The van der Waals surface area contributed by atoms with E-state index in [1.165, 1.54) is 0 Å². The van der Waals surface area contributed by atoms with Gasteiger partial charge in [0.1, 0.15) is 0 Å². The molecule has 0 spiro atoms. The van der Waals surface area contributed by atoms with Crippen LogP contribution < -0.4 is 5.32 Å². The highest BCUT2D eigenvalue weighted by molar-refractivity contribution is 7.66. The summed E-state index contributed by atoms with van der Waals surface area (Å²) in [6, 6.07) is -2.16. The van der Waals surface area contributed by atoms with Crippen molar-refractivity contribution in [3.63, 3.8) is 0 Å². The molecule has 0 aliphatic carbocycles. The predicted molar refractivity (Wildman–Crippen MR) is 51.3 cm³/mol. The summed E-state index contributed by atoms with van der Waals surface area (Å²) < 4.78 is 0. The predicted octanol–water partition coefficient (Wildman–Crippen LogP) is 2.24. The van der Waals surface area contributed by atoms with E-state index in [2.05, 4.69) is 11.4 Å². The Balaban J connectivity index is 2.31. The Morgan fingerprint density at radius 2 is 2.18 bits per heavy atom. The highest BCUT2D eigenvalue weighted by atomic mass is 35.8. The van der Waals surface area contributed by atoms with Crippen molar-refractivity contribution in [3.05, 3.63) is 12.2 Å². The second-order valence-corrected chi connectivity index (χ2v) is 11.8. The zero-order valence-electron chi connectivity index (χ0n) is 5.78. The van der Waals surface area contributed by atoms with Crippen LogP contribution in [0.3, 0.4) is 0 Å². The lowest BCUT2D eigenvalue weighted by molar-refractivity contribution is 0.647. The van der Waals surface area contributed by atoms with E-state index >= 15 is 0 Å². The molecule has 2 aliphatic rings. The summed E-state index contributed by atoms with van der Waals surface area (Å²) in [5.41, 5.74) is 0. The second kappa shape index (κ2) is 2.39. The fourth-order valence-electron chi connectivity index (χ4n) is 1.73. The van der Waals surface area contributed by atoms with E-state index in [4.69, 9.17) is 33.2 Å². The van der Waals surface area contributed by atoms with Gasteiger partial charge in [0.2, 0.25) is 0 Å². The lowest BCUT2D eigenvalue weighted by atomic mass is 10.1. The van der Waals surface area contributed by atoms with E-state index in [-0.39, 0.29) is 5.16 Å². The monoisotopic (exact) mass is 227 g/mol. The second-order valence-electron chi connectivity index (χ2n) is 3.12. The topological polar surface area (TPSA) is 12.0 Å². The summed E-state index contributed by atoms with van der Waals surface area (Å²) in [5, 5.41) is 3.09. The van der Waals surface area contributed by atoms with E-state index in [1.54, 1.807) is 0 Å². The molecule has 2 aliphatic heterocycles. The van der Waals surface area contributed by atoms with Gasteiger partial charge in [-0.1, -0.05) is 12.2 Å². The van der Waals surface area contributed by atoms with Crippen LogP contribution in [0.4, 0.5) is 0 Å². The van der Waals surface area contributed by atoms with Crippen LogP contribution in [-0.4, -0.2) is 17.2 Å². The van der Waals surface area contributed by atoms with E-state index in [9.17, 15) is 0 Å². The molecule has 1 saturated heterocycles. The van der Waals surface area contributed by atoms with Gasteiger partial charge >= 0.3 is 6.00 Å². The molecule has 0 aromatic rings. The molecule has 2 unspecified atom stereocenters. The summed E-state index contributed by atoms with van der Waals surface area (Å²) in [6.45, 7) is 0. The molecule has 2 bridgehead atoms. The first-order valence-corrected chi connectivity index (χ1v) is 8.61. The summed E-state index contributed by atoms with van der Waals surface area (Å²) in [5.74, 6) is 0. The van der Waals surface area contributed by atoms with Gasteiger partial charge < -0.3 is 5.32 Å². The van der Waals surface area contributed by atoms with Gasteiger partial charge in [-0.3, -0.25) is 0 Å². The number of nitrogens with one attached hydrogen (secondary N) is 1. The first kappa shape index (κ1) is 8.39. The lowest BCUT2D eigenvalue weighted by Gasteiger charge is -2.29. The summed E-state index contributed by atoms with van der Waals surface area (Å²) in [6.07, 6.45) is 6.24. The number of hydrogen-bond donors (Lipinski definition) is 1. The molecule has 1 nitrogen and oxygen atoms in total. The third-order valence-corrected chi connectivity index (χ3v) is 7.02. The Kier molecular flexibility index (Phi) is 1.82. The minimum atomic E-state index is -2.61. The molecule has 0 aromatic carbocycles. The third kappa shape index (κ3) is 1.16. The molecule has 2 rings (SSSR count). The minimum absolute atomic E-state index is 0.248. The van der Waals surface area contributed by atoms with Gasteiger partial charge in [-0.15, -0.1) is 33.2 Å². The molecule has 0 saturated carbocycles. The molecule has 5 heteroatoms. The normalized spacial score (nSPS) is 41.9. The molecular formula is C6H8Cl3NSi. The van der Waals surface area contributed by atoms with Crippen molar-refractivity contribution in [1.82, 2.24) is 5.32 Å². The Morgan fingerprint density at radius 1 is 1.45 bits per heavy atom. The Bertz CT molecular complexity index is 212. The van der Waals surface area contributed by atoms with E-state index < -0.39 is 6.00 Å². The van der Waals surface area contributed by atoms with Gasteiger partial charge in [-0.25, -0.2) is 0 Å². The van der Waals surface area contributed by atoms with Crippen LogP contribution in [0.2, 0.25) is 0 Å². The molecule has 1 fully saturated rings. The number of hydrogen-bond acceptors (Lipinski definition) is 1. The average Bonchev–Trinajstić information content (AvgIpc) is 2.42. The largest absolute Gasteiger partial charge is 0.364 e. The Labute approximate surface area is 80.8 Å². The zero-order valence-corrected chi connectivity index (χ0v) is 9.05. The quantitative estimate of drug-likeness (QED) is 0.412. The van der Waals surface area contributed by atoms with Crippen molar-refractivity contribution >= 4 is 39.2 Å². The maximum absolute atomic E-state index is 5.98.